The first kappa shape index (κ1) is 16.4. The number of halogens is 1. The molecule has 1 fully saturated rings. The summed E-state index contributed by atoms with van der Waals surface area (Å²) in [5.41, 5.74) is 1.98. The number of hydrogen-bond donors (Lipinski definition) is 2. The third-order valence-electron chi connectivity index (χ3n) is 3.48. The van der Waals surface area contributed by atoms with Gasteiger partial charge in [0.2, 0.25) is 0 Å². The third kappa shape index (κ3) is 4.99. The van der Waals surface area contributed by atoms with E-state index < -0.39 is 0 Å². The van der Waals surface area contributed by atoms with E-state index in [9.17, 15) is 0 Å². The number of rotatable bonds is 5. The number of amidine groups is 2. The normalized spacial score (nSPS) is 22.7. The molecule has 3 rings (SSSR count). The van der Waals surface area contributed by atoms with Crippen LogP contribution in [-0.4, -0.2) is 29.6 Å². The number of anilines is 1. The van der Waals surface area contributed by atoms with Crippen molar-refractivity contribution in [2.75, 3.05) is 18.5 Å². The Morgan fingerprint density at radius 2 is 2.26 bits per heavy atom. The number of allylic oxidation sites excluding steroid dienone is 1. The highest BCUT2D eigenvalue weighted by molar-refractivity contribution is 8.29. The molecule has 1 aromatic carbocycles. The molecule has 0 aromatic heterocycles. The van der Waals surface area contributed by atoms with Crippen molar-refractivity contribution < 1.29 is 4.74 Å². The molecule has 1 atom stereocenters. The highest BCUT2D eigenvalue weighted by Gasteiger charge is 2.17. The number of benzene rings is 1. The lowest BCUT2D eigenvalue weighted by Gasteiger charge is -2.16. The second kappa shape index (κ2) is 7.86. The van der Waals surface area contributed by atoms with Gasteiger partial charge in [-0.25, -0.2) is 4.99 Å². The van der Waals surface area contributed by atoms with Crippen molar-refractivity contribution in [3.8, 4) is 0 Å². The van der Waals surface area contributed by atoms with Gasteiger partial charge in [0, 0.05) is 35.8 Å². The van der Waals surface area contributed by atoms with E-state index in [0.717, 1.165) is 52.7 Å². The Bertz CT molecular complexity index is 636. The first-order valence-corrected chi connectivity index (χ1v) is 8.78. The number of aliphatic imine (C=N–C) groups is 2. The van der Waals surface area contributed by atoms with Gasteiger partial charge in [0.1, 0.15) is 0 Å². The van der Waals surface area contributed by atoms with Gasteiger partial charge in [0.05, 0.1) is 6.10 Å². The van der Waals surface area contributed by atoms with Crippen LogP contribution in [0.1, 0.15) is 19.8 Å². The Kier molecular flexibility index (Phi) is 5.59. The average molecular weight is 351 g/mol. The Hall–Kier alpha value is -1.50. The van der Waals surface area contributed by atoms with Gasteiger partial charge in [0.15, 0.2) is 10.3 Å². The Labute approximate surface area is 145 Å². The molecule has 0 aliphatic carbocycles. The first-order chi connectivity index (χ1) is 11.2. The number of nitrogens with one attached hydrogen (secondary N) is 2. The highest BCUT2D eigenvalue weighted by atomic mass is 35.5. The third-order valence-corrected chi connectivity index (χ3v) is 4.50. The molecule has 0 bridgehead atoms. The molecule has 2 aliphatic rings. The van der Waals surface area contributed by atoms with Crippen molar-refractivity contribution in [3.63, 3.8) is 0 Å². The van der Waals surface area contributed by atoms with Gasteiger partial charge >= 0.3 is 0 Å². The van der Waals surface area contributed by atoms with Crippen molar-refractivity contribution in [3.05, 3.63) is 41.2 Å². The molecule has 5 nitrogen and oxygen atoms in total. The minimum Gasteiger partial charge on any atom is -0.385 e. The SMILES string of the molecule is CC(=CN=C1N=C(Nc2ccc(Cl)cc2)S1)NCC1CCCO1. The predicted molar refractivity (Wildman–Crippen MR) is 98.3 cm³/mol. The van der Waals surface area contributed by atoms with Crippen molar-refractivity contribution in [1.29, 1.82) is 0 Å². The van der Waals surface area contributed by atoms with Gasteiger partial charge in [-0.2, -0.15) is 4.99 Å². The fraction of sp³-hybridized carbons (Fsp3) is 0.375. The summed E-state index contributed by atoms with van der Waals surface area (Å²) in [5.74, 6) is 0. The Morgan fingerprint density at radius 3 is 2.96 bits per heavy atom. The summed E-state index contributed by atoms with van der Waals surface area (Å²) < 4.78 is 5.57. The summed E-state index contributed by atoms with van der Waals surface area (Å²) in [6.07, 6.45) is 4.43. The molecule has 0 amide bonds. The van der Waals surface area contributed by atoms with E-state index in [4.69, 9.17) is 16.3 Å². The van der Waals surface area contributed by atoms with Crippen molar-refractivity contribution in [1.82, 2.24) is 5.32 Å². The summed E-state index contributed by atoms with van der Waals surface area (Å²) >= 11 is 7.37. The minimum absolute atomic E-state index is 0.331. The first-order valence-electron chi connectivity index (χ1n) is 7.58. The summed E-state index contributed by atoms with van der Waals surface area (Å²) in [5, 5.41) is 8.84. The molecule has 2 aliphatic heterocycles. The van der Waals surface area contributed by atoms with Crippen molar-refractivity contribution >= 4 is 39.4 Å². The van der Waals surface area contributed by atoms with Crippen LogP contribution in [0.3, 0.4) is 0 Å². The molecule has 0 spiro atoms. The van der Waals surface area contributed by atoms with Crippen LogP contribution in [0.25, 0.3) is 0 Å². The molecular weight excluding hydrogens is 332 g/mol. The molecule has 23 heavy (non-hydrogen) atoms. The van der Waals surface area contributed by atoms with Crippen LogP contribution in [-0.2, 0) is 4.74 Å². The monoisotopic (exact) mass is 350 g/mol. The van der Waals surface area contributed by atoms with Gasteiger partial charge in [-0.15, -0.1) is 0 Å². The van der Waals surface area contributed by atoms with E-state index in [-0.39, 0.29) is 0 Å². The maximum absolute atomic E-state index is 5.85. The molecule has 0 radical (unpaired) electrons. The van der Waals surface area contributed by atoms with Crippen molar-refractivity contribution in [2.45, 2.75) is 25.9 Å². The second-order valence-corrected chi connectivity index (χ2v) is 6.78. The van der Waals surface area contributed by atoms with Crippen LogP contribution in [0.4, 0.5) is 5.69 Å². The molecule has 1 aromatic rings. The number of nitrogens with zero attached hydrogens (tertiary/aromatic N) is 2. The lowest BCUT2D eigenvalue weighted by molar-refractivity contribution is 0.112. The summed E-state index contributed by atoms with van der Waals surface area (Å²) in [6, 6.07) is 7.52. The predicted octanol–water partition coefficient (Wildman–Crippen LogP) is 3.84. The van der Waals surface area contributed by atoms with Crippen LogP contribution < -0.4 is 10.6 Å². The fourth-order valence-electron chi connectivity index (χ4n) is 2.22. The summed E-state index contributed by atoms with van der Waals surface area (Å²) in [7, 11) is 0. The molecular formula is C16H19ClN4OS. The average Bonchev–Trinajstić information content (AvgIpc) is 3.02. The maximum atomic E-state index is 5.85. The second-order valence-electron chi connectivity index (χ2n) is 5.39. The molecule has 2 heterocycles. The zero-order valence-electron chi connectivity index (χ0n) is 12.9. The minimum atomic E-state index is 0.331. The van der Waals surface area contributed by atoms with Crippen LogP contribution in [0.2, 0.25) is 5.02 Å². The standard InChI is InChI=1S/C16H19ClN4OS/c1-11(18-10-14-3-2-8-22-14)9-19-15-21-16(23-15)20-13-6-4-12(17)5-7-13/h4-7,9,14,18H,2-3,8,10H2,1H3,(H,19,20,21). The van der Waals surface area contributed by atoms with E-state index >= 15 is 0 Å². The topological polar surface area (TPSA) is 58.0 Å². The molecule has 0 saturated carbocycles. The molecule has 1 unspecified atom stereocenters. The molecule has 1 saturated heterocycles. The van der Waals surface area contributed by atoms with Gasteiger partial charge in [-0.1, -0.05) is 11.6 Å². The number of hydrogen-bond acceptors (Lipinski definition) is 5. The Balaban J connectivity index is 1.45. The molecule has 2 N–H and O–H groups in total. The lowest BCUT2D eigenvalue weighted by atomic mass is 10.2. The summed E-state index contributed by atoms with van der Waals surface area (Å²) in [6.45, 7) is 3.72. The fourth-order valence-corrected chi connectivity index (χ4v) is 2.93. The quantitative estimate of drug-likeness (QED) is 0.847. The number of thioether (sulfide) groups is 1. The van der Waals surface area contributed by atoms with Gasteiger partial charge < -0.3 is 15.4 Å². The van der Waals surface area contributed by atoms with Gasteiger partial charge in [-0.05, 0) is 55.8 Å². The van der Waals surface area contributed by atoms with E-state index in [1.165, 1.54) is 11.8 Å². The van der Waals surface area contributed by atoms with Gasteiger partial charge in [-0.3, -0.25) is 0 Å². The molecule has 122 valence electrons. The van der Waals surface area contributed by atoms with Crippen molar-refractivity contribution in [2.24, 2.45) is 9.98 Å². The highest BCUT2D eigenvalue weighted by Crippen LogP contribution is 2.23. The largest absolute Gasteiger partial charge is 0.385 e. The van der Waals surface area contributed by atoms with Crippen LogP contribution in [0.15, 0.2) is 46.1 Å². The number of ether oxygens (including phenoxy) is 1. The van der Waals surface area contributed by atoms with E-state index in [1.807, 2.05) is 31.2 Å². The van der Waals surface area contributed by atoms with E-state index in [1.54, 1.807) is 6.20 Å². The Morgan fingerprint density at radius 1 is 1.48 bits per heavy atom. The maximum Gasteiger partial charge on any atom is 0.197 e. The van der Waals surface area contributed by atoms with Gasteiger partial charge in [0.25, 0.3) is 0 Å². The zero-order valence-corrected chi connectivity index (χ0v) is 14.5. The van der Waals surface area contributed by atoms with Crippen LogP contribution in [0, 0.1) is 0 Å². The van der Waals surface area contributed by atoms with Crippen LogP contribution >= 0.6 is 23.4 Å². The van der Waals surface area contributed by atoms with Crippen LogP contribution in [0.5, 0.6) is 0 Å². The smallest absolute Gasteiger partial charge is 0.197 e. The summed E-state index contributed by atoms with van der Waals surface area (Å²) in [4.78, 5) is 8.68. The van der Waals surface area contributed by atoms with E-state index in [0.29, 0.717) is 6.10 Å². The zero-order chi connectivity index (χ0) is 16.1. The lowest BCUT2D eigenvalue weighted by Crippen LogP contribution is -2.24. The van der Waals surface area contributed by atoms with E-state index in [2.05, 4.69) is 20.6 Å². The molecule has 7 heteroatoms.